The van der Waals surface area contributed by atoms with Crippen molar-refractivity contribution in [1.29, 1.82) is 0 Å². The van der Waals surface area contributed by atoms with Crippen LogP contribution in [0, 0.1) is 0 Å². The molecule has 9 rings (SSSR count). The van der Waals surface area contributed by atoms with Crippen molar-refractivity contribution in [3.05, 3.63) is 168 Å². The van der Waals surface area contributed by atoms with E-state index in [4.69, 9.17) is 4.99 Å². The van der Waals surface area contributed by atoms with Crippen molar-refractivity contribution in [2.75, 3.05) is 0 Å². The van der Waals surface area contributed by atoms with Gasteiger partial charge in [0.2, 0.25) is 5.96 Å². The minimum Gasteiger partial charge on any atom is -0.345 e. The fourth-order valence-corrected chi connectivity index (χ4v) is 7.52. The molecule has 0 bridgehead atoms. The highest BCUT2D eigenvalue weighted by atomic mass is 15.2. The largest absolute Gasteiger partial charge is 0.345 e. The molecule has 1 aliphatic carbocycles. The van der Waals surface area contributed by atoms with Crippen molar-refractivity contribution in [3.63, 3.8) is 0 Å². The maximum Gasteiger partial charge on any atom is 0.208 e. The summed E-state index contributed by atoms with van der Waals surface area (Å²) in [4.78, 5) is 4.91. The van der Waals surface area contributed by atoms with Crippen molar-refractivity contribution in [3.8, 4) is 33.4 Å². The van der Waals surface area contributed by atoms with E-state index in [1.54, 1.807) is 0 Å². The Bertz CT molecular complexity index is 2350. The van der Waals surface area contributed by atoms with Gasteiger partial charge < -0.3 is 5.32 Å². The van der Waals surface area contributed by atoms with Gasteiger partial charge in [-0.1, -0.05) is 129 Å². The summed E-state index contributed by atoms with van der Waals surface area (Å²) >= 11 is 0. The fraction of sp³-hybridized carbons (Fsp3) is 0.0930. The van der Waals surface area contributed by atoms with E-state index in [1.165, 1.54) is 66.4 Å². The molecule has 0 amide bonds. The Hall–Kier alpha value is -5.67. The SMILES string of the molecule is CC1(C)c2ccccc2-c2cc3c4ccccc4n(C4=NC=CC(c5ccc(-c6cccc(-c7ccccc7)c6)cc5)N4)c3cc21. The summed E-state index contributed by atoms with van der Waals surface area (Å²) in [6.45, 7) is 4.68. The summed E-state index contributed by atoms with van der Waals surface area (Å²) in [7, 11) is 0. The summed E-state index contributed by atoms with van der Waals surface area (Å²) in [6.07, 6.45) is 4.08. The fourth-order valence-electron chi connectivity index (χ4n) is 7.52. The lowest BCUT2D eigenvalue weighted by Crippen LogP contribution is -2.34. The summed E-state index contributed by atoms with van der Waals surface area (Å²) in [5.74, 6) is 0.839. The number of para-hydroxylation sites is 1. The highest BCUT2D eigenvalue weighted by molar-refractivity contribution is 6.15. The van der Waals surface area contributed by atoms with Crippen molar-refractivity contribution in [1.82, 2.24) is 9.88 Å². The zero-order valence-corrected chi connectivity index (χ0v) is 25.9. The van der Waals surface area contributed by atoms with Gasteiger partial charge in [0, 0.05) is 22.4 Å². The Kier molecular flexibility index (Phi) is 5.91. The molecule has 1 aliphatic heterocycles. The number of nitrogens with one attached hydrogen (secondary N) is 1. The highest BCUT2D eigenvalue weighted by Gasteiger charge is 2.36. The Morgan fingerprint density at radius 3 is 2.09 bits per heavy atom. The maximum absolute atomic E-state index is 4.91. The van der Waals surface area contributed by atoms with Crippen molar-refractivity contribution in [2.24, 2.45) is 4.99 Å². The lowest BCUT2D eigenvalue weighted by molar-refractivity contribution is 0.661. The molecule has 46 heavy (non-hydrogen) atoms. The van der Waals surface area contributed by atoms with Crippen LogP contribution in [0.5, 0.6) is 0 Å². The second-order valence-corrected chi connectivity index (χ2v) is 12.9. The summed E-state index contributed by atoms with van der Waals surface area (Å²) in [5.41, 5.74) is 13.8. The van der Waals surface area contributed by atoms with E-state index < -0.39 is 0 Å². The number of hydrogen-bond donors (Lipinski definition) is 1. The van der Waals surface area contributed by atoms with Gasteiger partial charge in [-0.25, -0.2) is 4.99 Å². The van der Waals surface area contributed by atoms with E-state index in [2.05, 4.69) is 169 Å². The highest BCUT2D eigenvalue weighted by Crippen LogP contribution is 2.50. The standard InChI is InChI=1S/C43H33N3/c1-43(2)37-17-8-6-15-33(37)35-26-36-34-16-7-9-18-40(34)46(41(36)27-38(35)43)42-44-24-23-39(45-42)30-21-19-29(20-22-30)32-14-10-13-31(25-32)28-11-4-3-5-12-28/h3-27,39H,1-2H3,(H,44,45). The van der Waals surface area contributed by atoms with Crippen LogP contribution in [0.2, 0.25) is 0 Å². The molecule has 0 spiro atoms. The van der Waals surface area contributed by atoms with Crippen LogP contribution < -0.4 is 5.32 Å². The number of aromatic nitrogens is 1. The van der Waals surface area contributed by atoms with E-state index in [-0.39, 0.29) is 11.5 Å². The van der Waals surface area contributed by atoms with Gasteiger partial charge in [0.05, 0.1) is 17.1 Å². The first-order valence-electron chi connectivity index (χ1n) is 16.0. The first-order chi connectivity index (χ1) is 22.6. The molecule has 0 radical (unpaired) electrons. The molecule has 0 fully saturated rings. The topological polar surface area (TPSA) is 29.3 Å². The summed E-state index contributed by atoms with van der Waals surface area (Å²) in [6, 6.07) is 50.6. The second-order valence-electron chi connectivity index (χ2n) is 12.9. The van der Waals surface area contributed by atoms with Crippen molar-refractivity contribution in [2.45, 2.75) is 25.3 Å². The van der Waals surface area contributed by atoms with E-state index in [1.807, 2.05) is 6.20 Å². The molecule has 1 atom stereocenters. The minimum atomic E-state index is -0.0754. The van der Waals surface area contributed by atoms with Gasteiger partial charge in [-0.15, -0.1) is 0 Å². The zero-order valence-electron chi connectivity index (χ0n) is 25.9. The number of benzene rings is 6. The monoisotopic (exact) mass is 591 g/mol. The molecular weight excluding hydrogens is 558 g/mol. The first-order valence-corrected chi connectivity index (χ1v) is 16.0. The van der Waals surface area contributed by atoms with E-state index >= 15 is 0 Å². The Morgan fingerprint density at radius 2 is 1.26 bits per heavy atom. The number of fused-ring (bicyclic) bond motifs is 6. The normalized spacial score (nSPS) is 16.2. The quantitative estimate of drug-likeness (QED) is 0.218. The van der Waals surface area contributed by atoms with Crippen molar-refractivity contribution >= 4 is 27.8 Å². The van der Waals surface area contributed by atoms with Gasteiger partial charge in [-0.2, -0.15) is 0 Å². The van der Waals surface area contributed by atoms with E-state index in [9.17, 15) is 0 Å². The van der Waals surface area contributed by atoms with Crippen LogP contribution in [0.15, 0.2) is 157 Å². The Balaban J connectivity index is 1.08. The number of hydrogen-bond acceptors (Lipinski definition) is 2. The number of rotatable bonds is 3. The lowest BCUT2D eigenvalue weighted by atomic mass is 9.82. The zero-order chi connectivity index (χ0) is 30.8. The number of aliphatic imine (C=N–C) groups is 1. The third-order valence-corrected chi connectivity index (χ3v) is 9.92. The molecule has 6 aromatic carbocycles. The molecule has 0 saturated carbocycles. The van der Waals surface area contributed by atoms with Crippen LogP contribution >= 0.6 is 0 Å². The van der Waals surface area contributed by atoms with Crippen LogP contribution in [-0.2, 0) is 5.41 Å². The lowest BCUT2D eigenvalue weighted by Gasteiger charge is -2.24. The van der Waals surface area contributed by atoms with E-state index in [0.717, 1.165) is 11.5 Å². The van der Waals surface area contributed by atoms with Crippen LogP contribution in [0.1, 0.15) is 36.6 Å². The maximum atomic E-state index is 4.91. The third-order valence-electron chi connectivity index (χ3n) is 9.92. The molecular formula is C43H33N3. The molecule has 7 aromatic rings. The summed E-state index contributed by atoms with van der Waals surface area (Å²) < 4.78 is 2.31. The van der Waals surface area contributed by atoms with Crippen LogP contribution in [0.25, 0.3) is 55.2 Å². The van der Waals surface area contributed by atoms with Crippen molar-refractivity contribution < 1.29 is 0 Å². The van der Waals surface area contributed by atoms with Crippen LogP contribution in [0.3, 0.4) is 0 Å². The average Bonchev–Trinajstić information content (AvgIpc) is 3.56. The predicted octanol–water partition coefficient (Wildman–Crippen LogP) is 10.5. The van der Waals surface area contributed by atoms with Crippen LogP contribution in [0.4, 0.5) is 0 Å². The van der Waals surface area contributed by atoms with Gasteiger partial charge in [0.1, 0.15) is 0 Å². The molecule has 3 heteroatoms. The smallest absolute Gasteiger partial charge is 0.208 e. The van der Waals surface area contributed by atoms with E-state index in [0.29, 0.717) is 0 Å². The van der Waals surface area contributed by atoms with Gasteiger partial charge >= 0.3 is 0 Å². The Labute approximate surface area is 269 Å². The van der Waals surface area contributed by atoms with Gasteiger partial charge in [0.25, 0.3) is 0 Å². The molecule has 1 unspecified atom stereocenters. The first kappa shape index (κ1) is 26.7. The van der Waals surface area contributed by atoms with Gasteiger partial charge in [-0.05, 0) is 80.4 Å². The number of nitrogens with zero attached hydrogens (tertiary/aromatic N) is 2. The Morgan fingerprint density at radius 1 is 0.565 bits per heavy atom. The molecule has 1 N–H and O–H groups in total. The summed E-state index contributed by atoms with van der Waals surface area (Å²) in [5, 5.41) is 6.26. The van der Waals surface area contributed by atoms with Gasteiger partial charge in [-0.3, -0.25) is 4.57 Å². The average molecular weight is 592 g/mol. The van der Waals surface area contributed by atoms with Gasteiger partial charge in [0.15, 0.2) is 0 Å². The molecule has 1 aromatic heterocycles. The third kappa shape index (κ3) is 4.09. The minimum absolute atomic E-state index is 0.00328. The second kappa shape index (κ2) is 10.2. The molecule has 0 saturated heterocycles. The molecule has 220 valence electrons. The van der Waals surface area contributed by atoms with Crippen LogP contribution in [-0.4, -0.2) is 10.5 Å². The molecule has 3 nitrogen and oxygen atoms in total. The predicted molar refractivity (Wildman–Crippen MR) is 192 cm³/mol. The molecule has 2 heterocycles. The molecule has 2 aliphatic rings.